The summed E-state index contributed by atoms with van der Waals surface area (Å²) in [6, 6.07) is 22.7. The van der Waals surface area contributed by atoms with E-state index in [-0.39, 0.29) is 6.10 Å². The highest BCUT2D eigenvalue weighted by molar-refractivity contribution is 6.11. The van der Waals surface area contributed by atoms with E-state index in [4.69, 9.17) is 4.74 Å². The number of nitrogens with zero attached hydrogens (tertiary/aromatic N) is 1. The fraction of sp³-hybridized carbons (Fsp3) is 0.333. The van der Waals surface area contributed by atoms with Gasteiger partial charge in [0.15, 0.2) is 0 Å². The van der Waals surface area contributed by atoms with Crippen LogP contribution >= 0.6 is 0 Å². The number of aromatic nitrogens is 1. The Kier molecular flexibility index (Phi) is 4.14. The lowest BCUT2D eigenvalue weighted by atomic mass is 9.76. The fourth-order valence-electron chi connectivity index (χ4n) is 5.75. The minimum absolute atomic E-state index is 0.140. The number of rotatable bonds is 2. The van der Waals surface area contributed by atoms with Gasteiger partial charge in [-0.15, -0.1) is 0 Å². The van der Waals surface area contributed by atoms with Gasteiger partial charge in [-0.25, -0.2) is 0 Å². The average molecular weight is 397 g/mol. The van der Waals surface area contributed by atoms with Crippen molar-refractivity contribution in [2.24, 2.45) is 5.92 Å². The molecule has 2 aliphatic heterocycles. The summed E-state index contributed by atoms with van der Waals surface area (Å²) in [5.41, 5.74) is 7.90. The summed E-state index contributed by atoms with van der Waals surface area (Å²) >= 11 is 0. The standard InChI is InChI=1S/C27H28N2O/c1-3-29-22-9-5-4-7-19(22)24-23(29)15-14-21-25(24)27-20(8-6-16-30-27)26(28-21)18-12-10-17(2)11-13-18/h4-5,7,9-15,20,26-28H,3,6,8,16H2,1-2H3/t20-,26-,27-/m0/s1. The zero-order chi connectivity index (χ0) is 20.2. The Bertz CT molecular complexity index is 1240. The molecule has 0 aliphatic carbocycles. The summed E-state index contributed by atoms with van der Waals surface area (Å²) in [5.74, 6) is 0.447. The van der Waals surface area contributed by atoms with Gasteiger partial charge in [0.2, 0.25) is 0 Å². The first-order valence-corrected chi connectivity index (χ1v) is 11.2. The maximum atomic E-state index is 6.53. The maximum Gasteiger partial charge on any atom is 0.0902 e. The topological polar surface area (TPSA) is 26.2 Å². The Labute approximate surface area is 177 Å². The van der Waals surface area contributed by atoms with Crippen molar-refractivity contribution in [2.45, 2.75) is 45.4 Å². The van der Waals surface area contributed by atoms with Gasteiger partial charge >= 0.3 is 0 Å². The van der Waals surface area contributed by atoms with Crippen LogP contribution in [0.25, 0.3) is 21.8 Å². The molecule has 1 aromatic heterocycles. The first-order chi connectivity index (χ1) is 14.8. The molecule has 0 bridgehead atoms. The van der Waals surface area contributed by atoms with E-state index >= 15 is 0 Å². The molecule has 6 rings (SSSR count). The molecular weight excluding hydrogens is 368 g/mol. The number of anilines is 1. The molecule has 152 valence electrons. The molecule has 0 saturated carbocycles. The van der Waals surface area contributed by atoms with Crippen LogP contribution in [-0.4, -0.2) is 11.2 Å². The molecule has 4 aromatic rings. The van der Waals surface area contributed by atoms with Crippen LogP contribution in [0.2, 0.25) is 0 Å². The van der Waals surface area contributed by atoms with Gasteiger partial charge in [-0.1, -0.05) is 48.0 Å². The number of aryl methyl sites for hydroxylation is 2. The highest BCUT2D eigenvalue weighted by Crippen LogP contribution is 2.52. The lowest BCUT2D eigenvalue weighted by Crippen LogP contribution is -2.36. The summed E-state index contributed by atoms with van der Waals surface area (Å²) < 4.78 is 8.97. The van der Waals surface area contributed by atoms with Gasteiger partial charge in [0, 0.05) is 52.1 Å². The van der Waals surface area contributed by atoms with Gasteiger partial charge < -0.3 is 14.6 Å². The van der Waals surface area contributed by atoms with Crippen LogP contribution in [-0.2, 0) is 11.3 Å². The number of nitrogens with one attached hydrogen (secondary N) is 1. The predicted octanol–water partition coefficient (Wildman–Crippen LogP) is 6.76. The van der Waals surface area contributed by atoms with Crippen molar-refractivity contribution < 1.29 is 4.74 Å². The SMILES string of the molecule is CCn1c2ccccc2c2c3c(ccc21)N[C@@H](c1ccc(C)cc1)[C@@H]1CCCO[C@H]31. The third-order valence-electron chi connectivity index (χ3n) is 7.12. The number of hydrogen-bond donors (Lipinski definition) is 1. The number of ether oxygens (including phenoxy) is 1. The molecule has 3 heterocycles. The van der Waals surface area contributed by atoms with Crippen LogP contribution in [0.4, 0.5) is 5.69 Å². The summed E-state index contributed by atoms with van der Waals surface area (Å²) in [5, 5.41) is 6.64. The van der Waals surface area contributed by atoms with E-state index in [1.54, 1.807) is 0 Å². The Hall–Kier alpha value is -2.78. The van der Waals surface area contributed by atoms with E-state index in [1.165, 1.54) is 50.6 Å². The number of para-hydroxylation sites is 1. The van der Waals surface area contributed by atoms with Crippen molar-refractivity contribution in [3.63, 3.8) is 0 Å². The van der Waals surface area contributed by atoms with E-state index in [9.17, 15) is 0 Å². The van der Waals surface area contributed by atoms with Crippen molar-refractivity contribution in [1.82, 2.24) is 4.57 Å². The first-order valence-electron chi connectivity index (χ1n) is 11.2. The minimum Gasteiger partial charge on any atom is -0.378 e. The minimum atomic E-state index is 0.140. The molecular formula is C27H28N2O. The second-order valence-corrected chi connectivity index (χ2v) is 8.81. The molecule has 1 fully saturated rings. The largest absolute Gasteiger partial charge is 0.378 e. The first kappa shape index (κ1) is 18.0. The van der Waals surface area contributed by atoms with Crippen LogP contribution < -0.4 is 5.32 Å². The molecule has 3 heteroatoms. The number of hydrogen-bond acceptors (Lipinski definition) is 2. The summed E-state index contributed by atoms with van der Waals surface area (Å²) in [4.78, 5) is 0. The highest BCUT2D eigenvalue weighted by atomic mass is 16.5. The number of benzene rings is 3. The quantitative estimate of drug-likeness (QED) is 0.405. The van der Waals surface area contributed by atoms with Crippen molar-refractivity contribution in [3.05, 3.63) is 77.4 Å². The van der Waals surface area contributed by atoms with Crippen molar-refractivity contribution in [3.8, 4) is 0 Å². The zero-order valence-electron chi connectivity index (χ0n) is 17.7. The molecule has 1 N–H and O–H groups in total. The maximum absolute atomic E-state index is 6.53. The van der Waals surface area contributed by atoms with E-state index in [1.807, 2.05) is 0 Å². The second kappa shape index (κ2) is 6.88. The van der Waals surface area contributed by atoms with E-state index in [2.05, 4.69) is 84.4 Å². The average Bonchev–Trinajstić information content (AvgIpc) is 3.12. The van der Waals surface area contributed by atoms with Gasteiger partial charge in [-0.3, -0.25) is 0 Å². The van der Waals surface area contributed by atoms with Gasteiger partial charge in [-0.05, 0) is 50.5 Å². The van der Waals surface area contributed by atoms with Crippen LogP contribution in [0.5, 0.6) is 0 Å². The Balaban J connectivity index is 1.60. The van der Waals surface area contributed by atoms with Crippen molar-refractivity contribution in [2.75, 3.05) is 11.9 Å². The molecule has 1 saturated heterocycles. The zero-order valence-corrected chi connectivity index (χ0v) is 17.7. The van der Waals surface area contributed by atoms with Crippen LogP contribution in [0.1, 0.15) is 48.6 Å². The Morgan fingerprint density at radius 3 is 2.67 bits per heavy atom. The lowest BCUT2D eigenvalue weighted by Gasteiger charge is -2.43. The summed E-state index contributed by atoms with van der Waals surface area (Å²) in [6.07, 6.45) is 2.47. The molecule has 0 radical (unpaired) electrons. The molecule has 3 nitrogen and oxygen atoms in total. The molecule has 30 heavy (non-hydrogen) atoms. The van der Waals surface area contributed by atoms with Crippen molar-refractivity contribution >= 4 is 27.5 Å². The monoisotopic (exact) mass is 396 g/mol. The third kappa shape index (κ3) is 2.55. The Morgan fingerprint density at radius 2 is 1.83 bits per heavy atom. The summed E-state index contributed by atoms with van der Waals surface area (Å²) in [6.45, 7) is 6.21. The van der Waals surface area contributed by atoms with Gasteiger partial charge in [0.05, 0.1) is 12.1 Å². The van der Waals surface area contributed by atoms with Crippen molar-refractivity contribution in [1.29, 1.82) is 0 Å². The van der Waals surface area contributed by atoms with Gasteiger partial charge in [0.25, 0.3) is 0 Å². The highest BCUT2D eigenvalue weighted by Gasteiger charge is 2.41. The van der Waals surface area contributed by atoms with Crippen LogP contribution in [0.3, 0.4) is 0 Å². The van der Waals surface area contributed by atoms with Gasteiger partial charge in [0.1, 0.15) is 0 Å². The molecule has 3 atom stereocenters. The summed E-state index contributed by atoms with van der Waals surface area (Å²) in [7, 11) is 0. The number of fused-ring (bicyclic) bond motifs is 7. The van der Waals surface area contributed by atoms with Crippen LogP contribution in [0, 0.1) is 12.8 Å². The Morgan fingerprint density at radius 1 is 1.00 bits per heavy atom. The predicted molar refractivity (Wildman–Crippen MR) is 124 cm³/mol. The molecule has 0 unspecified atom stereocenters. The third-order valence-corrected chi connectivity index (χ3v) is 7.12. The van der Waals surface area contributed by atoms with E-state index < -0.39 is 0 Å². The van der Waals surface area contributed by atoms with E-state index in [0.29, 0.717) is 12.0 Å². The molecule has 0 amide bonds. The smallest absolute Gasteiger partial charge is 0.0902 e. The normalized spacial score (nSPS) is 23.2. The van der Waals surface area contributed by atoms with Crippen LogP contribution in [0.15, 0.2) is 60.7 Å². The fourth-order valence-corrected chi connectivity index (χ4v) is 5.75. The van der Waals surface area contributed by atoms with Gasteiger partial charge in [-0.2, -0.15) is 0 Å². The lowest BCUT2D eigenvalue weighted by molar-refractivity contribution is -0.0372. The molecule has 2 aliphatic rings. The molecule has 0 spiro atoms. The van der Waals surface area contributed by atoms with E-state index in [0.717, 1.165) is 19.6 Å². The second-order valence-electron chi connectivity index (χ2n) is 8.81. The molecule has 3 aromatic carbocycles.